The van der Waals surface area contributed by atoms with Gasteiger partial charge in [-0.25, -0.2) is 8.42 Å². The smallest absolute Gasteiger partial charge is 0.217 e. The van der Waals surface area contributed by atoms with Crippen LogP contribution in [0.3, 0.4) is 0 Å². The minimum Gasteiger partial charge on any atom is -0.726 e. The van der Waals surface area contributed by atoms with E-state index in [4.69, 9.17) is 0 Å². The third-order valence-electron chi connectivity index (χ3n) is 2.78. The van der Waals surface area contributed by atoms with Crippen LogP contribution in [0.4, 0.5) is 0 Å². The van der Waals surface area contributed by atoms with Gasteiger partial charge in [-0.2, -0.15) is 0 Å². The molecule has 0 N–H and O–H groups in total. The van der Waals surface area contributed by atoms with Crippen LogP contribution in [0.5, 0.6) is 0 Å². The molecule has 5 heteroatoms. The van der Waals surface area contributed by atoms with Crippen molar-refractivity contribution >= 4 is 10.4 Å². The topological polar surface area (TPSA) is 66.4 Å². The summed E-state index contributed by atoms with van der Waals surface area (Å²) in [5.74, 6) is 0.726. The molecule has 0 aliphatic rings. The predicted octanol–water partition coefficient (Wildman–Crippen LogP) is 2.85. The van der Waals surface area contributed by atoms with E-state index in [1.54, 1.807) is 0 Å². The van der Waals surface area contributed by atoms with E-state index in [2.05, 4.69) is 18.0 Å². The van der Waals surface area contributed by atoms with Gasteiger partial charge in [-0.1, -0.05) is 52.4 Å². The standard InChI is InChI=1S/C11H24O4S/c1-3-5-8-11(4-2)9-6-7-10-15-16(12,13)14/h11H,3-10H2,1-2H3,(H,12,13,14)/p-1. The van der Waals surface area contributed by atoms with Gasteiger partial charge in [0.1, 0.15) is 0 Å². The Kier molecular flexibility index (Phi) is 8.89. The van der Waals surface area contributed by atoms with E-state index < -0.39 is 10.4 Å². The largest absolute Gasteiger partial charge is 0.726 e. The van der Waals surface area contributed by atoms with Gasteiger partial charge in [-0.05, 0) is 12.3 Å². The molecule has 98 valence electrons. The predicted molar refractivity (Wildman–Crippen MR) is 62.8 cm³/mol. The Bertz CT molecular complexity index is 249. The molecule has 0 radical (unpaired) electrons. The zero-order valence-corrected chi connectivity index (χ0v) is 11.1. The second-order valence-corrected chi connectivity index (χ2v) is 5.19. The van der Waals surface area contributed by atoms with E-state index in [-0.39, 0.29) is 6.61 Å². The van der Waals surface area contributed by atoms with E-state index in [1.165, 1.54) is 25.7 Å². The SMILES string of the molecule is CCCCC(CC)CCCCOS(=O)(=O)[O-]. The van der Waals surface area contributed by atoms with E-state index >= 15 is 0 Å². The van der Waals surface area contributed by atoms with E-state index in [1.807, 2.05) is 0 Å². The van der Waals surface area contributed by atoms with Crippen LogP contribution in [0.2, 0.25) is 0 Å². The van der Waals surface area contributed by atoms with Crippen molar-refractivity contribution < 1.29 is 17.2 Å². The number of hydrogen-bond donors (Lipinski definition) is 0. The lowest BCUT2D eigenvalue weighted by Crippen LogP contribution is -2.06. The van der Waals surface area contributed by atoms with Crippen LogP contribution in [0.25, 0.3) is 0 Å². The minimum absolute atomic E-state index is 0.0239. The second-order valence-electron chi connectivity index (χ2n) is 4.14. The maximum atomic E-state index is 10.1. The lowest BCUT2D eigenvalue weighted by atomic mass is 9.94. The molecular formula is C11H23O4S-. The Balaban J connectivity index is 3.48. The van der Waals surface area contributed by atoms with Crippen molar-refractivity contribution in [3.05, 3.63) is 0 Å². The highest BCUT2D eigenvalue weighted by Gasteiger charge is 2.05. The molecule has 0 spiro atoms. The van der Waals surface area contributed by atoms with Crippen molar-refractivity contribution in [3.63, 3.8) is 0 Å². The first-order valence-electron chi connectivity index (χ1n) is 6.09. The lowest BCUT2D eigenvalue weighted by Gasteiger charge is -2.14. The summed E-state index contributed by atoms with van der Waals surface area (Å²) in [6.45, 7) is 4.38. The van der Waals surface area contributed by atoms with Gasteiger partial charge in [0.05, 0.1) is 6.61 Å². The van der Waals surface area contributed by atoms with Crippen LogP contribution in [-0.2, 0) is 14.6 Å². The molecule has 0 aromatic heterocycles. The fourth-order valence-electron chi connectivity index (χ4n) is 1.74. The third kappa shape index (κ3) is 10.4. The van der Waals surface area contributed by atoms with Crippen LogP contribution < -0.4 is 0 Å². The maximum absolute atomic E-state index is 10.1. The van der Waals surface area contributed by atoms with Crippen molar-refractivity contribution in [1.29, 1.82) is 0 Å². The summed E-state index contributed by atoms with van der Waals surface area (Å²) < 4.78 is 34.6. The molecule has 0 bridgehead atoms. The molecule has 0 amide bonds. The fourth-order valence-corrected chi connectivity index (χ4v) is 2.06. The maximum Gasteiger partial charge on any atom is 0.217 e. The van der Waals surface area contributed by atoms with Crippen molar-refractivity contribution in [2.24, 2.45) is 5.92 Å². The molecule has 0 aromatic rings. The fraction of sp³-hybridized carbons (Fsp3) is 1.00. The first-order valence-corrected chi connectivity index (χ1v) is 7.43. The van der Waals surface area contributed by atoms with Gasteiger partial charge in [0.2, 0.25) is 10.4 Å². The van der Waals surface area contributed by atoms with Crippen LogP contribution in [-0.4, -0.2) is 19.6 Å². The molecular weight excluding hydrogens is 228 g/mol. The first-order chi connectivity index (χ1) is 7.49. The number of unbranched alkanes of at least 4 members (excludes halogenated alkanes) is 2. The van der Waals surface area contributed by atoms with Gasteiger partial charge in [0.25, 0.3) is 0 Å². The van der Waals surface area contributed by atoms with Crippen molar-refractivity contribution in [3.8, 4) is 0 Å². The average molecular weight is 251 g/mol. The molecule has 0 saturated heterocycles. The van der Waals surface area contributed by atoms with Crippen molar-refractivity contribution in [1.82, 2.24) is 0 Å². The molecule has 0 fully saturated rings. The number of hydrogen-bond acceptors (Lipinski definition) is 4. The monoisotopic (exact) mass is 251 g/mol. The summed E-state index contributed by atoms with van der Waals surface area (Å²) in [5.41, 5.74) is 0. The Morgan fingerprint density at radius 2 is 1.75 bits per heavy atom. The molecule has 0 heterocycles. The Morgan fingerprint density at radius 3 is 2.25 bits per heavy atom. The van der Waals surface area contributed by atoms with Crippen LogP contribution >= 0.6 is 0 Å². The van der Waals surface area contributed by atoms with Crippen molar-refractivity contribution in [2.45, 2.75) is 58.8 Å². The van der Waals surface area contributed by atoms with E-state index in [0.717, 1.165) is 18.8 Å². The molecule has 0 aliphatic carbocycles. The Labute approximate surface area is 99.3 Å². The molecule has 0 saturated carbocycles. The summed E-state index contributed by atoms with van der Waals surface area (Å²) >= 11 is 0. The van der Waals surface area contributed by atoms with Gasteiger partial charge < -0.3 is 4.55 Å². The quantitative estimate of drug-likeness (QED) is 0.340. The lowest BCUT2D eigenvalue weighted by molar-refractivity contribution is 0.251. The van der Waals surface area contributed by atoms with Crippen LogP contribution in [0, 0.1) is 5.92 Å². The molecule has 0 aliphatic heterocycles. The summed E-state index contributed by atoms with van der Waals surface area (Å²) in [5, 5.41) is 0. The zero-order valence-electron chi connectivity index (χ0n) is 10.3. The average Bonchev–Trinajstić information content (AvgIpc) is 2.20. The molecule has 4 nitrogen and oxygen atoms in total. The molecule has 1 unspecified atom stereocenters. The summed E-state index contributed by atoms with van der Waals surface area (Å²) in [6, 6.07) is 0. The molecule has 16 heavy (non-hydrogen) atoms. The molecule has 0 rings (SSSR count). The van der Waals surface area contributed by atoms with Gasteiger partial charge in [0, 0.05) is 0 Å². The molecule has 1 atom stereocenters. The van der Waals surface area contributed by atoms with Gasteiger partial charge >= 0.3 is 0 Å². The van der Waals surface area contributed by atoms with Gasteiger partial charge in [0.15, 0.2) is 0 Å². The summed E-state index contributed by atoms with van der Waals surface area (Å²) in [4.78, 5) is 0. The second kappa shape index (κ2) is 8.96. The van der Waals surface area contributed by atoms with Crippen LogP contribution in [0.1, 0.15) is 58.8 Å². The third-order valence-corrected chi connectivity index (χ3v) is 3.23. The van der Waals surface area contributed by atoms with E-state index in [0.29, 0.717) is 6.42 Å². The zero-order chi connectivity index (χ0) is 12.4. The van der Waals surface area contributed by atoms with E-state index in [9.17, 15) is 13.0 Å². The highest BCUT2D eigenvalue weighted by Crippen LogP contribution is 2.19. The first kappa shape index (κ1) is 15.9. The Hall–Kier alpha value is -0.130. The number of rotatable bonds is 10. The highest BCUT2D eigenvalue weighted by atomic mass is 32.3. The Morgan fingerprint density at radius 1 is 1.12 bits per heavy atom. The normalized spacial score (nSPS) is 13.9. The van der Waals surface area contributed by atoms with Gasteiger partial charge in [-0.15, -0.1) is 0 Å². The van der Waals surface area contributed by atoms with Gasteiger partial charge in [-0.3, -0.25) is 4.18 Å². The summed E-state index contributed by atoms with van der Waals surface area (Å²) in [7, 11) is -4.49. The summed E-state index contributed by atoms with van der Waals surface area (Å²) in [6.07, 6.45) is 7.55. The van der Waals surface area contributed by atoms with Crippen molar-refractivity contribution in [2.75, 3.05) is 6.61 Å². The van der Waals surface area contributed by atoms with Crippen LogP contribution in [0.15, 0.2) is 0 Å². The highest BCUT2D eigenvalue weighted by molar-refractivity contribution is 7.80. The molecule has 0 aromatic carbocycles. The minimum atomic E-state index is -4.49.